The van der Waals surface area contributed by atoms with Gasteiger partial charge in [-0.1, -0.05) is 18.2 Å². The van der Waals surface area contributed by atoms with Crippen molar-refractivity contribution in [3.63, 3.8) is 0 Å². The number of amides is 1. The van der Waals surface area contributed by atoms with Gasteiger partial charge in [0.05, 0.1) is 22.8 Å². The summed E-state index contributed by atoms with van der Waals surface area (Å²) >= 11 is 0. The molecule has 2 aromatic heterocycles. The number of benzene rings is 1. The maximum atomic E-state index is 13.2. The molecule has 1 unspecified atom stereocenters. The molecule has 0 spiro atoms. The van der Waals surface area contributed by atoms with Crippen LogP contribution >= 0.6 is 0 Å². The molecule has 5 heteroatoms. The fourth-order valence-corrected chi connectivity index (χ4v) is 3.43. The highest BCUT2D eigenvalue weighted by molar-refractivity contribution is 6.06. The molecule has 25 heavy (non-hydrogen) atoms. The summed E-state index contributed by atoms with van der Waals surface area (Å²) in [7, 11) is 1.84. The number of nitrogens with one attached hydrogen (secondary N) is 1. The predicted molar refractivity (Wildman–Crippen MR) is 99.8 cm³/mol. The van der Waals surface area contributed by atoms with E-state index in [9.17, 15) is 4.79 Å². The van der Waals surface area contributed by atoms with Gasteiger partial charge in [-0.2, -0.15) is 5.10 Å². The van der Waals surface area contributed by atoms with Crippen molar-refractivity contribution in [2.45, 2.75) is 40.7 Å². The van der Waals surface area contributed by atoms with Gasteiger partial charge >= 0.3 is 0 Å². The molecule has 1 amide bonds. The zero-order chi connectivity index (χ0) is 18.3. The first-order valence-electron chi connectivity index (χ1n) is 8.46. The third-order valence-corrected chi connectivity index (χ3v) is 4.90. The molecular formula is C20H24N4O. The van der Waals surface area contributed by atoms with Gasteiger partial charge in [-0.15, -0.1) is 0 Å². The zero-order valence-electron chi connectivity index (χ0n) is 15.6. The monoisotopic (exact) mass is 336 g/mol. The molecule has 1 N–H and O–H groups in total. The van der Waals surface area contributed by atoms with Gasteiger partial charge < -0.3 is 4.90 Å². The first-order valence-corrected chi connectivity index (χ1v) is 8.46. The minimum atomic E-state index is -0.0698. The average Bonchev–Trinajstić information content (AvgIpc) is 2.91. The van der Waals surface area contributed by atoms with Crippen molar-refractivity contribution in [3.8, 4) is 0 Å². The average molecular weight is 336 g/mol. The number of carbonyl (C=O) groups is 1. The quantitative estimate of drug-likeness (QED) is 0.785. The first-order chi connectivity index (χ1) is 11.8. The SMILES string of the molecule is Cc1cc(C(=O)N(C)C(C)c2c(C)n[nH]c2C)c2cccc(C)c2n1. The molecule has 1 atom stereocenters. The van der Waals surface area contributed by atoms with Crippen LogP contribution in [0.5, 0.6) is 0 Å². The Balaban J connectivity index is 2.06. The minimum Gasteiger partial charge on any atom is -0.335 e. The lowest BCUT2D eigenvalue weighted by Crippen LogP contribution is -2.30. The summed E-state index contributed by atoms with van der Waals surface area (Å²) in [4.78, 5) is 19.6. The molecule has 3 rings (SSSR count). The van der Waals surface area contributed by atoms with Gasteiger partial charge in [-0.05, 0) is 46.2 Å². The van der Waals surface area contributed by atoms with Crippen molar-refractivity contribution in [2.24, 2.45) is 0 Å². The van der Waals surface area contributed by atoms with Crippen LogP contribution in [0, 0.1) is 27.7 Å². The standard InChI is InChI=1S/C20H24N4O/c1-11-8-7-9-16-17(10-12(2)21-19(11)16)20(25)24(6)15(5)18-13(3)22-23-14(18)4/h7-10,15H,1-6H3,(H,22,23). The van der Waals surface area contributed by atoms with Gasteiger partial charge in [0, 0.05) is 29.4 Å². The van der Waals surface area contributed by atoms with Crippen LogP contribution in [0.15, 0.2) is 24.3 Å². The molecule has 1 aromatic carbocycles. The largest absolute Gasteiger partial charge is 0.335 e. The number of hydrogen-bond donors (Lipinski definition) is 1. The molecule has 0 aliphatic rings. The van der Waals surface area contributed by atoms with E-state index in [0.29, 0.717) is 5.56 Å². The van der Waals surface area contributed by atoms with Crippen LogP contribution in [0.25, 0.3) is 10.9 Å². The highest BCUT2D eigenvalue weighted by Crippen LogP contribution is 2.28. The Kier molecular flexibility index (Phi) is 4.33. The summed E-state index contributed by atoms with van der Waals surface area (Å²) in [5, 5.41) is 8.15. The van der Waals surface area contributed by atoms with Crippen LogP contribution in [0.2, 0.25) is 0 Å². The molecule has 0 aliphatic heterocycles. The number of aromatic amines is 1. The van der Waals surface area contributed by atoms with Gasteiger partial charge in [0.15, 0.2) is 0 Å². The Bertz CT molecular complexity index is 938. The number of nitrogens with zero attached hydrogens (tertiary/aromatic N) is 3. The van der Waals surface area contributed by atoms with Gasteiger partial charge in [-0.3, -0.25) is 14.9 Å². The fraction of sp³-hybridized carbons (Fsp3) is 0.350. The van der Waals surface area contributed by atoms with Crippen molar-refractivity contribution in [1.82, 2.24) is 20.1 Å². The Morgan fingerprint density at radius 1 is 1.20 bits per heavy atom. The van der Waals surface area contributed by atoms with Crippen molar-refractivity contribution in [1.29, 1.82) is 0 Å². The molecule has 5 nitrogen and oxygen atoms in total. The Morgan fingerprint density at radius 3 is 2.56 bits per heavy atom. The number of H-pyrrole nitrogens is 1. The Hall–Kier alpha value is -2.69. The predicted octanol–water partition coefficient (Wildman–Crippen LogP) is 4.02. The molecule has 0 aliphatic carbocycles. The lowest BCUT2D eigenvalue weighted by Gasteiger charge is -2.26. The van der Waals surface area contributed by atoms with E-state index in [2.05, 4.69) is 15.2 Å². The lowest BCUT2D eigenvalue weighted by molar-refractivity contribution is 0.0744. The lowest BCUT2D eigenvalue weighted by atomic mass is 10.0. The number of aryl methyl sites for hydroxylation is 4. The zero-order valence-corrected chi connectivity index (χ0v) is 15.6. The minimum absolute atomic E-state index is 0.00593. The molecule has 0 fully saturated rings. The third kappa shape index (κ3) is 2.90. The molecule has 0 saturated heterocycles. The highest BCUT2D eigenvalue weighted by atomic mass is 16.2. The maximum Gasteiger partial charge on any atom is 0.254 e. The summed E-state index contributed by atoms with van der Waals surface area (Å²) in [5.74, 6) is -0.00593. The summed E-state index contributed by atoms with van der Waals surface area (Å²) in [6.07, 6.45) is 0. The smallest absolute Gasteiger partial charge is 0.254 e. The fourth-order valence-electron chi connectivity index (χ4n) is 3.43. The second-order valence-corrected chi connectivity index (χ2v) is 6.72. The van der Waals surface area contributed by atoms with Crippen LogP contribution in [-0.4, -0.2) is 33.0 Å². The van der Waals surface area contributed by atoms with Gasteiger partial charge in [0.2, 0.25) is 0 Å². The number of para-hydroxylation sites is 1. The third-order valence-electron chi connectivity index (χ3n) is 4.90. The number of rotatable bonds is 3. The van der Waals surface area contributed by atoms with E-state index in [1.165, 1.54) is 0 Å². The van der Waals surface area contributed by atoms with Crippen LogP contribution < -0.4 is 0 Å². The summed E-state index contributed by atoms with van der Waals surface area (Å²) < 4.78 is 0. The van der Waals surface area contributed by atoms with Crippen molar-refractivity contribution in [2.75, 3.05) is 7.05 Å². The number of carbonyl (C=O) groups excluding carboxylic acids is 1. The van der Waals surface area contributed by atoms with Crippen LogP contribution in [0.1, 0.15) is 51.5 Å². The number of aromatic nitrogens is 3. The van der Waals surface area contributed by atoms with E-state index < -0.39 is 0 Å². The Labute approximate surface area is 148 Å². The van der Waals surface area contributed by atoms with Crippen molar-refractivity contribution in [3.05, 3.63) is 58.0 Å². The van der Waals surface area contributed by atoms with Crippen LogP contribution in [0.3, 0.4) is 0 Å². The maximum absolute atomic E-state index is 13.2. The van der Waals surface area contributed by atoms with E-state index in [1.807, 2.05) is 65.9 Å². The summed E-state index contributed by atoms with van der Waals surface area (Å²) in [6, 6.07) is 7.77. The van der Waals surface area contributed by atoms with E-state index in [0.717, 1.165) is 39.1 Å². The van der Waals surface area contributed by atoms with Crippen LogP contribution in [-0.2, 0) is 0 Å². The molecule has 0 bridgehead atoms. The molecular weight excluding hydrogens is 312 g/mol. The van der Waals surface area contributed by atoms with E-state index in [-0.39, 0.29) is 11.9 Å². The summed E-state index contributed by atoms with van der Waals surface area (Å²) in [6.45, 7) is 9.93. The normalized spacial score (nSPS) is 12.4. The van der Waals surface area contributed by atoms with Gasteiger partial charge in [0.1, 0.15) is 0 Å². The van der Waals surface area contributed by atoms with Gasteiger partial charge in [-0.25, -0.2) is 0 Å². The second kappa shape index (κ2) is 6.31. The van der Waals surface area contributed by atoms with Crippen molar-refractivity contribution < 1.29 is 4.79 Å². The molecule has 3 aromatic rings. The number of hydrogen-bond acceptors (Lipinski definition) is 3. The molecule has 130 valence electrons. The molecule has 2 heterocycles. The van der Waals surface area contributed by atoms with E-state index >= 15 is 0 Å². The van der Waals surface area contributed by atoms with E-state index in [1.54, 1.807) is 4.90 Å². The van der Waals surface area contributed by atoms with Gasteiger partial charge in [0.25, 0.3) is 5.91 Å². The summed E-state index contributed by atoms with van der Waals surface area (Å²) in [5.41, 5.74) is 6.51. The number of fused-ring (bicyclic) bond motifs is 1. The molecule has 0 saturated carbocycles. The first kappa shape index (κ1) is 17.1. The topological polar surface area (TPSA) is 61.9 Å². The highest BCUT2D eigenvalue weighted by Gasteiger charge is 2.24. The van der Waals surface area contributed by atoms with Crippen molar-refractivity contribution >= 4 is 16.8 Å². The Morgan fingerprint density at radius 2 is 1.92 bits per heavy atom. The molecule has 0 radical (unpaired) electrons. The number of pyridine rings is 1. The van der Waals surface area contributed by atoms with Crippen LogP contribution in [0.4, 0.5) is 0 Å². The second-order valence-electron chi connectivity index (χ2n) is 6.72. The van der Waals surface area contributed by atoms with E-state index in [4.69, 9.17) is 0 Å².